The summed E-state index contributed by atoms with van der Waals surface area (Å²) >= 11 is 12.6. The number of benzene rings is 1. The van der Waals surface area contributed by atoms with Crippen LogP contribution in [0.2, 0.25) is 10.0 Å². The molecule has 0 N–H and O–H groups in total. The molecule has 1 aromatic carbocycles. The summed E-state index contributed by atoms with van der Waals surface area (Å²) in [5.41, 5.74) is 2.27. The van der Waals surface area contributed by atoms with Gasteiger partial charge in [-0.1, -0.05) is 35.3 Å². The third-order valence-electron chi connectivity index (χ3n) is 4.48. The SMILES string of the molecule is CC1=C(OC(=O)OC(C)C)C(c2cccc(Cl)c2Cl)C2=C(C(=O)OC2)N1C. The van der Waals surface area contributed by atoms with Gasteiger partial charge in [-0.25, -0.2) is 9.59 Å². The lowest BCUT2D eigenvalue weighted by Gasteiger charge is -2.33. The lowest BCUT2D eigenvalue weighted by Crippen LogP contribution is -2.31. The van der Waals surface area contributed by atoms with E-state index in [1.165, 1.54) is 0 Å². The first kappa shape index (κ1) is 19.6. The van der Waals surface area contributed by atoms with Gasteiger partial charge in [0.25, 0.3) is 0 Å². The van der Waals surface area contributed by atoms with E-state index >= 15 is 0 Å². The Labute approximate surface area is 167 Å². The lowest BCUT2D eigenvalue weighted by atomic mass is 9.85. The Morgan fingerprint density at radius 2 is 2.04 bits per heavy atom. The fraction of sp³-hybridized carbons (Fsp3) is 0.368. The van der Waals surface area contributed by atoms with Crippen molar-refractivity contribution in [3.05, 3.63) is 56.5 Å². The topological polar surface area (TPSA) is 65.1 Å². The van der Waals surface area contributed by atoms with Crippen LogP contribution in [0, 0.1) is 0 Å². The molecule has 0 spiro atoms. The molecular weight excluding hydrogens is 393 g/mol. The van der Waals surface area contributed by atoms with Crippen LogP contribution < -0.4 is 0 Å². The summed E-state index contributed by atoms with van der Waals surface area (Å²) in [5, 5.41) is 0.688. The maximum Gasteiger partial charge on any atom is 0.513 e. The number of nitrogens with zero attached hydrogens (tertiary/aromatic N) is 1. The average Bonchev–Trinajstić information content (AvgIpc) is 2.97. The molecule has 2 heterocycles. The first-order chi connectivity index (χ1) is 12.7. The molecule has 0 bridgehead atoms. The van der Waals surface area contributed by atoms with Gasteiger partial charge in [0.1, 0.15) is 18.1 Å². The number of hydrogen-bond donors (Lipinski definition) is 0. The van der Waals surface area contributed by atoms with E-state index in [1.807, 2.05) is 0 Å². The summed E-state index contributed by atoms with van der Waals surface area (Å²) in [7, 11) is 1.71. The second kappa shape index (κ2) is 7.44. The third kappa shape index (κ3) is 3.51. The summed E-state index contributed by atoms with van der Waals surface area (Å²) in [6, 6.07) is 5.19. The van der Waals surface area contributed by atoms with Gasteiger partial charge in [0.05, 0.1) is 27.8 Å². The average molecular weight is 412 g/mol. The maximum atomic E-state index is 12.2. The minimum absolute atomic E-state index is 0.0748. The summed E-state index contributed by atoms with van der Waals surface area (Å²) < 4.78 is 15.9. The Morgan fingerprint density at radius 1 is 1.33 bits per heavy atom. The molecule has 8 heteroatoms. The fourth-order valence-electron chi connectivity index (χ4n) is 3.20. The summed E-state index contributed by atoms with van der Waals surface area (Å²) in [6.45, 7) is 5.28. The molecule has 0 saturated carbocycles. The highest BCUT2D eigenvalue weighted by Gasteiger charge is 2.43. The van der Waals surface area contributed by atoms with Gasteiger partial charge in [-0.15, -0.1) is 0 Å². The van der Waals surface area contributed by atoms with E-state index in [1.54, 1.807) is 50.9 Å². The van der Waals surface area contributed by atoms with Crippen molar-refractivity contribution in [2.75, 3.05) is 13.7 Å². The van der Waals surface area contributed by atoms with Crippen LogP contribution in [0.1, 0.15) is 32.3 Å². The Bertz CT molecular complexity index is 875. The van der Waals surface area contributed by atoms with Crippen LogP contribution in [-0.2, 0) is 19.0 Å². The zero-order valence-electron chi connectivity index (χ0n) is 15.3. The van der Waals surface area contributed by atoms with Crippen molar-refractivity contribution < 1.29 is 23.8 Å². The normalized spacial score (nSPS) is 19.4. The lowest BCUT2D eigenvalue weighted by molar-refractivity contribution is -0.137. The van der Waals surface area contributed by atoms with Crippen LogP contribution in [0.15, 0.2) is 40.9 Å². The van der Waals surface area contributed by atoms with Gasteiger partial charge >= 0.3 is 12.1 Å². The highest BCUT2D eigenvalue weighted by Crippen LogP contribution is 2.47. The number of hydrogen-bond acceptors (Lipinski definition) is 6. The maximum absolute atomic E-state index is 12.2. The Kier molecular flexibility index (Phi) is 5.40. The Balaban J connectivity index is 2.13. The van der Waals surface area contributed by atoms with Gasteiger partial charge in [-0.3, -0.25) is 0 Å². The molecule has 1 atom stereocenters. The van der Waals surface area contributed by atoms with Crippen molar-refractivity contribution in [2.24, 2.45) is 0 Å². The number of halogens is 2. The van der Waals surface area contributed by atoms with Crippen LogP contribution in [-0.4, -0.2) is 36.8 Å². The molecule has 3 rings (SSSR count). The predicted molar refractivity (Wildman–Crippen MR) is 100 cm³/mol. The third-order valence-corrected chi connectivity index (χ3v) is 5.31. The second-order valence-electron chi connectivity index (χ2n) is 6.55. The largest absolute Gasteiger partial charge is 0.513 e. The minimum Gasteiger partial charge on any atom is -0.456 e. The van der Waals surface area contributed by atoms with Crippen LogP contribution in [0.5, 0.6) is 0 Å². The predicted octanol–water partition coefficient (Wildman–Crippen LogP) is 4.63. The quantitative estimate of drug-likeness (QED) is 0.675. The number of ether oxygens (including phenoxy) is 3. The molecule has 0 radical (unpaired) electrons. The van der Waals surface area contributed by atoms with Crippen LogP contribution in [0.4, 0.5) is 4.79 Å². The first-order valence-electron chi connectivity index (χ1n) is 8.39. The van der Waals surface area contributed by atoms with E-state index in [0.29, 0.717) is 38.3 Å². The molecule has 0 saturated heterocycles. The number of carbonyl (C=O) groups excluding carboxylic acids is 2. The molecule has 0 fully saturated rings. The van der Waals surface area contributed by atoms with Crippen molar-refractivity contribution in [3.63, 3.8) is 0 Å². The Hall–Kier alpha value is -2.18. The molecule has 6 nitrogen and oxygen atoms in total. The molecular formula is C19H19Cl2NO5. The molecule has 1 aromatic rings. The van der Waals surface area contributed by atoms with Gasteiger partial charge < -0.3 is 19.1 Å². The monoisotopic (exact) mass is 411 g/mol. The number of cyclic esters (lactones) is 1. The van der Waals surface area contributed by atoms with Crippen LogP contribution in [0.3, 0.4) is 0 Å². The molecule has 0 aromatic heterocycles. The van der Waals surface area contributed by atoms with Crippen LogP contribution in [0.25, 0.3) is 0 Å². The van der Waals surface area contributed by atoms with E-state index in [-0.39, 0.29) is 12.7 Å². The van der Waals surface area contributed by atoms with E-state index < -0.39 is 18.0 Å². The van der Waals surface area contributed by atoms with E-state index in [0.717, 1.165) is 0 Å². The molecule has 1 unspecified atom stereocenters. The summed E-state index contributed by atoms with van der Waals surface area (Å²) in [5.74, 6) is -0.697. The highest BCUT2D eigenvalue weighted by atomic mass is 35.5. The standard InChI is InChI=1S/C19H19Cl2NO5/c1-9(2)26-19(24)27-17-10(3)22(4)16-12(8-25-18(16)23)14(17)11-6-5-7-13(20)15(11)21/h5-7,9,14H,8H2,1-4H3. The van der Waals surface area contributed by atoms with Gasteiger partial charge in [-0.05, 0) is 32.4 Å². The van der Waals surface area contributed by atoms with Crippen molar-refractivity contribution in [2.45, 2.75) is 32.8 Å². The first-order valence-corrected chi connectivity index (χ1v) is 9.15. The highest BCUT2D eigenvalue weighted by molar-refractivity contribution is 6.42. The van der Waals surface area contributed by atoms with Crippen molar-refractivity contribution in [3.8, 4) is 0 Å². The van der Waals surface area contributed by atoms with Gasteiger partial charge in [0, 0.05) is 12.6 Å². The molecule has 0 amide bonds. The van der Waals surface area contributed by atoms with Gasteiger partial charge in [0.15, 0.2) is 0 Å². The number of likely N-dealkylation sites (N-methyl/N-ethyl adjacent to an activating group) is 1. The summed E-state index contributed by atoms with van der Waals surface area (Å²) in [4.78, 5) is 26.1. The molecule has 0 aliphatic carbocycles. The molecule has 2 aliphatic rings. The number of rotatable bonds is 3. The van der Waals surface area contributed by atoms with Crippen molar-refractivity contribution in [1.29, 1.82) is 0 Å². The zero-order valence-corrected chi connectivity index (χ0v) is 16.9. The smallest absolute Gasteiger partial charge is 0.456 e. The van der Waals surface area contributed by atoms with Gasteiger partial charge in [-0.2, -0.15) is 0 Å². The number of allylic oxidation sites excluding steroid dienone is 2. The van der Waals surface area contributed by atoms with Crippen LogP contribution >= 0.6 is 23.2 Å². The minimum atomic E-state index is -0.829. The van der Waals surface area contributed by atoms with E-state index in [2.05, 4.69) is 0 Å². The van der Waals surface area contributed by atoms with Crippen molar-refractivity contribution >= 4 is 35.3 Å². The van der Waals surface area contributed by atoms with Crippen molar-refractivity contribution in [1.82, 2.24) is 4.90 Å². The Morgan fingerprint density at radius 3 is 2.70 bits per heavy atom. The number of esters is 1. The number of carbonyl (C=O) groups is 2. The molecule has 2 aliphatic heterocycles. The van der Waals surface area contributed by atoms with E-state index in [9.17, 15) is 9.59 Å². The van der Waals surface area contributed by atoms with E-state index in [4.69, 9.17) is 37.4 Å². The zero-order chi connectivity index (χ0) is 19.9. The summed E-state index contributed by atoms with van der Waals surface area (Å²) in [6.07, 6.45) is -1.16. The molecule has 144 valence electrons. The second-order valence-corrected chi connectivity index (χ2v) is 7.34. The van der Waals surface area contributed by atoms with Gasteiger partial charge in [0.2, 0.25) is 0 Å². The fourth-order valence-corrected chi connectivity index (χ4v) is 3.61. The molecule has 27 heavy (non-hydrogen) atoms.